The first kappa shape index (κ1) is 11.5. The maximum absolute atomic E-state index is 13.2. The molecular weight excluding hydrogens is 243 g/mol. The molecule has 0 aliphatic rings. The highest BCUT2D eigenvalue weighted by Crippen LogP contribution is 2.14. The highest BCUT2D eigenvalue weighted by atomic mass is 32.1. The Morgan fingerprint density at radius 2 is 2.41 bits per heavy atom. The zero-order valence-corrected chi connectivity index (χ0v) is 9.50. The van der Waals surface area contributed by atoms with Gasteiger partial charge in [-0.15, -0.1) is 11.3 Å². The highest BCUT2D eigenvalue weighted by molar-refractivity contribution is 7.13. The molecule has 0 aliphatic carbocycles. The molecule has 2 aromatic rings. The number of pyridine rings is 1. The van der Waals surface area contributed by atoms with Gasteiger partial charge in [-0.25, -0.2) is 9.37 Å². The van der Waals surface area contributed by atoms with Crippen molar-refractivity contribution in [1.82, 2.24) is 9.97 Å². The van der Waals surface area contributed by atoms with Gasteiger partial charge in [-0.2, -0.15) is 0 Å². The lowest BCUT2D eigenvalue weighted by atomic mass is 10.3. The number of nitrogens with two attached hydrogens (primary N) is 1. The molecule has 2 rings (SSSR count). The Hall–Kier alpha value is -2.02. The second kappa shape index (κ2) is 4.88. The number of aromatic nitrogens is 2. The SMILES string of the molecule is Nc1nc(CC(=O)Nc2ccncc2F)cs1. The molecule has 5 nitrogen and oxygen atoms in total. The van der Waals surface area contributed by atoms with E-state index in [4.69, 9.17) is 5.73 Å². The molecule has 3 N–H and O–H groups in total. The smallest absolute Gasteiger partial charge is 0.230 e. The highest BCUT2D eigenvalue weighted by Gasteiger charge is 2.09. The molecule has 2 aromatic heterocycles. The van der Waals surface area contributed by atoms with E-state index < -0.39 is 5.82 Å². The minimum atomic E-state index is -0.571. The maximum Gasteiger partial charge on any atom is 0.230 e. The predicted molar refractivity (Wildman–Crippen MR) is 63.1 cm³/mol. The van der Waals surface area contributed by atoms with Gasteiger partial charge in [0, 0.05) is 11.6 Å². The molecule has 0 bridgehead atoms. The van der Waals surface area contributed by atoms with Crippen molar-refractivity contribution in [2.24, 2.45) is 0 Å². The summed E-state index contributed by atoms with van der Waals surface area (Å²) in [4.78, 5) is 19.1. The van der Waals surface area contributed by atoms with Gasteiger partial charge in [0.1, 0.15) is 0 Å². The van der Waals surface area contributed by atoms with Crippen LogP contribution in [0, 0.1) is 5.82 Å². The fraction of sp³-hybridized carbons (Fsp3) is 0.100. The molecule has 0 radical (unpaired) electrons. The summed E-state index contributed by atoms with van der Waals surface area (Å²) in [7, 11) is 0. The van der Waals surface area contributed by atoms with Gasteiger partial charge in [-0.1, -0.05) is 0 Å². The number of nitrogen functional groups attached to an aromatic ring is 1. The Bertz CT molecular complexity index is 543. The van der Waals surface area contributed by atoms with Gasteiger partial charge in [0.15, 0.2) is 10.9 Å². The summed E-state index contributed by atoms with van der Waals surface area (Å²) in [6.45, 7) is 0. The third kappa shape index (κ3) is 2.97. The fourth-order valence-electron chi connectivity index (χ4n) is 1.24. The van der Waals surface area contributed by atoms with Gasteiger partial charge < -0.3 is 11.1 Å². The number of rotatable bonds is 3. The number of nitrogens with one attached hydrogen (secondary N) is 1. The summed E-state index contributed by atoms with van der Waals surface area (Å²) < 4.78 is 13.2. The van der Waals surface area contributed by atoms with Crippen LogP contribution in [0.15, 0.2) is 23.8 Å². The maximum atomic E-state index is 13.2. The average Bonchev–Trinajstić information content (AvgIpc) is 2.67. The van der Waals surface area contributed by atoms with Crippen molar-refractivity contribution in [2.45, 2.75) is 6.42 Å². The van der Waals surface area contributed by atoms with Crippen molar-refractivity contribution < 1.29 is 9.18 Å². The Kier molecular flexibility index (Phi) is 3.29. The summed E-state index contributed by atoms with van der Waals surface area (Å²) in [6.07, 6.45) is 2.51. The molecular formula is C10H9FN4OS. The van der Waals surface area contributed by atoms with Gasteiger partial charge in [-0.05, 0) is 6.07 Å². The van der Waals surface area contributed by atoms with Gasteiger partial charge >= 0.3 is 0 Å². The third-order valence-corrected chi connectivity index (χ3v) is 2.68. The van der Waals surface area contributed by atoms with E-state index in [0.717, 1.165) is 6.20 Å². The van der Waals surface area contributed by atoms with Crippen LogP contribution >= 0.6 is 11.3 Å². The summed E-state index contributed by atoms with van der Waals surface area (Å²) in [5, 5.41) is 4.54. The average molecular weight is 252 g/mol. The molecule has 0 unspecified atom stereocenters. The molecule has 0 spiro atoms. The van der Waals surface area contributed by atoms with Gasteiger partial charge in [0.2, 0.25) is 5.91 Å². The molecule has 17 heavy (non-hydrogen) atoms. The zero-order chi connectivity index (χ0) is 12.3. The number of carbonyl (C=O) groups excluding carboxylic acids is 1. The number of halogens is 1. The van der Waals surface area contributed by atoms with E-state index in [-0.39, 0.29) is 18.0 Å². The number of hydrogen-bond acceptors (Lipinski definition) is 5. The van der Waals surface area contributed by atoms with E-state index in [1.165, 1.54) is 23.6 Å². The van der Waals surface area contributed by atoms with Crippen LogP contribution in [0.5, 0.6) is 0 Å². The summed E-state index contributed by atoms with van der Waals surface area (Å²) in [5.74, 6) is -0.918. The third-order valence-electron chi connectivity index (χ3n) is 1.96. The van der Waals surface area contributed by atoms with Crippen LogP contribution in [0.3, 0.4) is 0 Å². The van der Waals surface area contributed by atoms with Gasteiger partial charge in [-0.3, -0.25) is 9.78 Å². The van der Waals surface area contributed by atoms with Crippen molar-refractivity contribution >= 4 is 28.1 Å². The van der Waals surface area contributed by atoms with Crippen molar-refractivity contribution in [3.63, 3.8) is 0 Å². The second-order valence-corrected chi connectivity index (χ2v) is 4.15. The standard InChI is InChI=1S/C10H9FN4OS/c11-7-4-13-2-1-8(7)15-9(16)3-6-5-17-10(12)14-6/h1-2,4-5H,3H2,(H2,12,14)(H,13,15,16). The molecule has 0 aliphatic heterocycles. The van der Waals surface area contributed by atoms with Crippen LogP contribution in [0.4, 0.5) is 15.2 Å². The Morgan fingerprint density at radius 1 is 1.59 bits per heavy atom. The van der Waals surface area contributed by atoms with E-state index in [0.29, 0.717) is 10.8 Å². The normalized spacial score (nSPS) is 10.2. The van der Waals surface area contributed by atoms with Crippen LogP contribution < -0.4 is 11.1 Å². The molecule has 0 saturated carbocycles. The van der Waals surface area contributed by atoms with E-state index in [9.17, 15) is 9.18 Å². The molecule has 7 heteroatoms. The van der Waals surface area contributed by atoms with E-state index in [2.05, 4.69) is 15.3 Å². The fourth-order valence-corrected chi connectivity index (χ4v) is 1.80. The summed E-state index contributed by atoms with van der Waals surface area (Å²) >= 11 is 1.26. The van der Waals surface area contributed by atoms with Crippen LogP contribution in [-0.2, 0) is 11.2 Å². The lowest BCUT2D eigenvalue weighted by molar-refractivity contribution is -0.115. The lowest BCUT2D eigenvalue weighted by Crippen LogP contribution is -2.15. The summed E-state index contributed by atoms with van der Waals surface area (Å²) in [5.41, 5.74) is 6.11. The van der Waals surface area contributed by atoms with Crippen molar-refractivity contribution in [3.8, 4) is 0 Å². The first-order valence-corrected chi connectivity index (χ1v) is 5.62. The monoisotopic (exact) mass is 252 g/mol. The number of amides is 1. The molecule has 0 fully saturated rings. The summed E-state index contributed by atoms with van der Waals surface area (Å²) in [6, 6.07) is 1.39. The van der Waals surface area contributed by atoms with Crippen molar-refractivity contribution in [2.75, 3.05) is 11.1 Å². The van der Waals surface area contributed by atoms with E-state index in [1.807, 2.05) is 0 Å². The molecule has 0 atom stereocenters. The molecule has 0 aromatic carbocycles. The largest absolute Gasteiger partial charge is 0.375 e. The lowest BCUT2D eigenvalue weighted by Gasteiger charge is -2.04. The Morgan fingerprint density at radius 3 is 3.06 bits per heavy atom. The van der Waals surface area contributed by atoms with Crippen LogP contribution in [0.1, 0.15) is 5.69 Å². The minimum absolute atomic E-state index is 0.0649. The number of thiazole rings is 1. The Balaban J connectivity index is 2.01. The Labute approximate surface area is 101 Å². The van der Waals surface area contributed by atoms with E-state index in [1.54, 1.807) is 5.38 Å². The van der Waals surface area contributed by atoms with Crippen molar-refractivity contribution in [1.29, 1.82) is 0 Å². The minimum Gasteiger partial charge on any atom is -0.375 e. The molecule has 2 heterocycles. The molecule has 0 saturated heterocycles. The van der Waals surface area contributed by atoms with Crippen LogP contribution in [0.2, 0.25) is 0 Å². The van der Waals surface area contributed by atoms with Crippen LogP contribution in [-0.4, -0.2) is 15.9 Å². The number of hydrogen-bond donors (Lipinski definition) is 2. The zero-order valence-electron chi connectivity index (χ0n) is 8.68. The van der Waals surface area contributed by atoms with E-state index >= 15 is 0 Å². The van der Waals surface area contributed by atoms with Gasteiger partial charge in [0.05, 0.1) is 24.0 Å². The topological polar surface area (TPSA) is 80.9 Å². The first-order valence-electron chi connectivity index (χ1n) is 4.74. The predicted octanol–water partition coefficient (Wildman–Crippen LogP) is 1.44. The first-order chi connectivity index (χ1) is 8.15. The number of anilines is 2. The molecule has 88 valence electrons. The second-order valence-electron chi connectivity index (χ2n) is 3.26. The number of nitrogens with zero attached hydrogens (tertiary/aromatic N) is 2. The van der Waals surface area contributed by atoms with Crippen molar-refractivity contribution in [3.05, 3.63) is 35.4 Å². The molecule has 1 amide bonds. The number of carbonyl (C=O) groups is 1. The van der Waals surface area contributed by atoms with Crippen LogP contribution in [0.25, 0.3) is 0 Å². The quantitative estimate of drug-likeness (QED) is 0.866. The van der Waals surface area contributed by atoms with Gasteiger partial charge in [0.25, 0.3) is 0 Å².